The van der Waals surface area contributed by atoms with Crippen LogP contribution >= 0.6 is 0 Å². The predicted octanol–water partition coefficient (Wildman–Crippen LogP) is 2.20. The van der Waals surface area contributed by atoms with Gasteiger partial charge in [-0.2, -0.15) is 0 Å². The van der Waals surface area contributed by atoms with E-state index >= 15 is 0 Å². The molecule has 0 aliphatic rings. The molecule has 1 aromatic heterocycles. The van der Waals surface area contributed by atoms with Crippen LogP contribution in [0.3, 0.4) is 0 Å². The molecule has 9 heteroatoms. The number of nitro groups is 1. The molecule has 0 spiro atoms. The summed E-state index contributed by atoms with van der Waals surface area (Å²) in [5.74, 6) is -0.444. The Morgan fingerprint density at radius 2 is 2.00 bits per heavy atom. The first kappa shape index (κ1) is 19.2. The molecule has 1 amide bonds. The number of nitrogens with zero attached hydrogens (tertiary/aromatic N) is 4. The Kier molecular flexibility index (Phi) is 5.46. The Morgan fingerprint density at radius 1 is 1.25 bits per heavy atom. The second-order valence-electron chi connectivity index (χ2n) is 6.47. The quantitative estimate of drug-likeness (QED) is 0.478. The molecule has 3 aromatic rings. The summed E-state index contributed by atoms with van der Waals surface area (Å²) in [4.78, 5) is 22.6. The number of nitro benzene ring substituents is 1. The second-order valence-corrected chi connectivity index (χ2v) is 6.47. The van der Waals surface area contributed by atoms with Crippen molar-refractivity contribution in [1.29, 1.82) is 0 Å². The number of non-ortho nitro benzene ring substituents is 1. The van der Waals surface area contributed by atoms with Gasteiger partial charge in [0.05, 0.1) is 22.4 Å². The average Bonchev–Trinajstić information content (AvgIpc) is 3.19. The van der Waals surface area contributed by atoms with Crippen LogP contribution < -0.4 is 5.32 Å². The standard InChI is InChI=1S/C19H19N5O4/c1-19(26,14-6-3-2-4-7-14)10-11-20-18(25)17-13-23(22-21-17)15-8-5-9-16(12-15)24(27)28/h2-9,12-13,26H,10-11H2,1H3,(H,20,25)/t19-/m0/s1. The molecule has 0 aliphatic heterocycles. The lowest BCUT2D eigenvalue weighted by Gasteiger charge is -2.23. The van der Waals surface area contributed by atoms with Gasteiger partial charge in [-0.25, -0.2) is 4.68 Å². The normalized spacial score (nSPS) is 12.9. The van der Waals surface area contributed by atoms with Gasteiger partial charge in [0.2, 0.25) is 0 Å². The molecule has 3 rings (SSSR count). The van der Waals surface area contributed by atoms with Crippen molar-refractivity contribution in [3.8, 4) is 5.69 Å². The lowest BCUT2D eigenvalue weighted by Crippen LogP contribution is -2.31. The summed E-state index contributed by atoms with van der Waals surface area (Å²) >= 11 is 0. The summed E-state index contributed by atoms with van der Waals surface area (Å²) in [6.07, 6.45) is 1.71. The average molecular weight is 381 g/mol. The zero-order valence-electron chi connectivity index (χ0n) is 15.1. The number of nitrogens with one attached hydrogen (secondary N) is 1. The van der Waals surface area contributed by atoms with Crippen LogP contribution in [0.2, 0.25) is 0 Å². The van der Waals surface area contributed by atoms with E-state index in [9.17, 15) is 20.0 Å². The van der Waals surface area contributed by atoms with E-state index < -0.39 is 16.4 Å². The number of benzene rings is 2. The second kappa shape index (κ2) is 7.97. The van der Waals surface area contributed by atoms with E-state index in [1.807, 2.05) is 30.3 Å². The molecule has 1 heterocycles. The molecule has 2 N–H and O–H groups in total. The Hall–Kier alpha value is -3.59. The monoisotopic (exact) mass is 381 g/mol. The number of hydrogen-bond acceptors (Lipinski definition) is 6. The molecule has 9 nitrogen and oxygen atoms in total. The van der Waals surface area contributed by atoms with Crippen LogP contribution in [0, 0.1) is 10.1 Å². The van der Waals surface area contributed by atoms with Gasteiger partial charge in [0.1, 0.15) is 0 Å². The van der Waals surface area contributed by atoms with Crippen LogP contribution in [0.5, 0.6) is 0 Å². The molecular formula is C19H19N5O4. The van der Waals surface area contributed by atoms with Crippen molar-refractivity contribution in [2.24, 2.45) is 0 Å². The molecular weight excluding hydrogens is 362 g/mol. The molecule has 0 aliphatic carbocycles. The van der Waals surface area contributed by atoms with Gasteiger partial charge in [-0.15, -0.1) is 5.10 Å². The van der Waals surface area contributed by atoms with Crippen LogP contribution in [0.1, 0.15) is 29.4 Å². The highest BCUT2D eigenvalue weighted by Crippen LogP contribution is 2.23. The maximum atomic E-state index is 12.3. The van der Waals surface area contributed by atoms with Crippen LogP contribution in [-0.2, 0) is 5.60 Å². The molecule has 0 fully saturated rings. The zero-order chi connectivity index (χ0) is 20.1. The van der Waals surface area contributed by atoms with Crippen LogP contribution in [0.15, 0.2) is 60.8 Å². The van der Waals surface area contributed by atoms with Gasteiger partial charge in [0, 0.05) is 18.7 Å². The Morgan fingerprint density at radius 3 is 2.71 bits per heavy atom. The van der Waals surface area contributed by atoms with E-state index in [1.54, 1.807) is 13.0 Å². The first-order chi connectivity index (χ1) is 13.4. The summed E-state index contributed by atoms with van der Waals surface area (Å²) in [7, 11) is 0. The van der Waals surface area contributed by atoms with E-state index in [4.69, 9.17) is 0 Å². The van der Waals surface area contributed by atoms with Crippen molar-refractivity contribution in [1.82, 2.24) is 20.3 Å². The molecule has 28 heavy (non-hydrogen) atoms. The Bertz CT molecular complexity index is 985. The highest BCUT2D eigenvalue weighted by Gasteiger charge is 2.23. The molecule has 0 saturated carbocycles. The highest BCUT2D eigenvalue weighted by molar-refractivity contribution is 5.91. The van der Waals surface area contributed by atoms with Crippen molar-refractivity contribution in [3.05, 3.63) is 82.2 Å². The van der Waals surface area contributed by atoms with Crippen molar-refractivity contribution in [2.75, 3.05) is 6.54 Å². The largest absolute Gasteiger partial charge is 0.385 e. The summed E-state index contributed by atoms with van der Waals surface area (Å²) in [5, 5.41) is 31.8. The van der Waals surface area contributed by atoms with Crippen LogP contribution in [0.4, 0.5) is 5.69 Å². The Labute approximate surface area is 160 Å². The van der Waals surface area contributed by atoms with Gasteiger partial charge in [-0.1, -0.05) is 41.6 Å². The summed E-state index contributed by atoms with van der Waals surface area (Å²) in [6, 6.07) is 15.1. The van der Waals surface area contributed by atoms with E-state index in [0.29, 0.717) is 12.1 Å². The smallest absolute Gasteiger partial charge is 0.273 e. The molecule has 0 radical (unpaired) electrons. The van der Waals surface area contributed by atoms with Crippen molar-refractivity contribution in [2.45, 2.75) is 18.9 Å². The van der Waals surface area contributed by atoms with E-state index in [0.717, 1.165) is 5.56 Å². The van der Waals surface area contributed by atoms with Crippen molar-refractivity contribution >= 4 is 11.6 Å². The fraction of sp³-hybridized carbons (Fsp3) is 0.211. The number of carbonyl (C=O) groups excluding carboxylic acids is 1. The number of hydrogen-bond donors (Lipinski definition) is 2. The molecule has 1 atom stereocenters. The fourth-order valence-corrected chi connectivity index (χ4v) is 2.69. The minimum atomic E-state index is -1.07. The van der Waals surface area contributed by atoms with E-state index in [1.165, 1.54) is 29.1 Å². The number of carbonyl (C=O) groups is 1. The molecule has 0 saturated heterocycles. The lowest BCUT2D eigenvalue weighted by atomic mass is 9.93. The van der Waals surface area contributed by atoms with Gasteiger partial charge in [-0.3, -0.25) is 14.9 Å². The van der Waals surface area contributed by atoms with Gasteiger partial charge in [-0.05, 0) is 25.0 Å². The minimum absolute atomic E-state index is 0.0749. The number of rotatable bonds is 7. The fourth-order valence-electron chi connectivity index (χ4n) is 2.69. The lowest BCUT2D eigenvalue weighted by molar-refractivity contribution is -0.384. The van der Waals surface area contributed by atoms with Crippen molar-refractivity contribution < 1.29 is 14.8 Å². The minimum Gasteiger partial charge on any atom is -0.385 e. The van der Waals surface area contributed by atoms with Crippen molar-refractivity contribution in [3.63, 3.8) is 0 Å². The third-order valence-corrected chi connectivity index (χ3v) is 4.32. The molecule has 2 aromatic carbocycles. The van der Waals surface area contributed by atoms with Gasteiger partial charge >= 0.3 is 0 Å². The maximum Gasteiger partial charge on any atom is 0.273 e. The van der Waals surface area contributed by atoms with Crippen LogP contribution in [0.25, 0.3) is 5.69 Å². The number of aromatic nitrogens is 3. The molecule has 0 bridgehead atoms. The van der Waals surface area contributed by atoms with Gasteiger partial charge in [0.25, 0.3) is 11.6 Å². The predicted molar refractivity (Wildman–Crippen MR) is 101 cm³/mol. The summed E-state index contributed by atoms with van der Waals surface area (Å²) < 4.78 is 1.29. The van der Waals surface area contributed by atoms with Gasteiger partial charge < -0.3 is 10.4 Å². The van der Waals surface area contributed by atoms with Crippen LogP contribution in [-0.4, -0.2) is 37.5 Å². The third kappa shape index (κ3) is 4.38. The maximum absolute atomic E-state index is 12.3. The number of aliphatic hydroxyl groups is 1. The topological polar surface area (TPSA) is 123 Å². The summed E-state index contributed by atoms with van der Waals surface area (Å²) in [5.41, 5.74) is 0.108. The highest BCUT2D eigenvalue weighted by atomic mass is 16.6. The van der Waals surface area contributed by atoms with Gasteiger partial charge in [0.15, 0.2) is 5.69 Å². The van der Waals surface area contributed by atoms with E-state index in [-0.39, 0.29) is 17.9 Å². The Balaban J connectivity index is 1.62. The number of amides is 1. The zero-order valence-corrected chi connectivity index (χ0v) is 15.1. The first-order valence-corrected chi connectivity index (χ1v) is 8.60. The first-order valence-electron chi connectivity index (χ1n) is 8.60. The molecule has 0 unspecified atom stereocenters. The SMILES string of the molecule is C[C@](O)(CCNC(=O)c1cn(-c2cccc([N+](=O)[O-])c2)nn1)c1ccccc1. The van der Waals surface area contributed by atoms with E-state index in [2.05, 4.69) is 15.6 Å². The third-order valence-electron chi connectivity index (χ3n) is 4.32. The summed E-state index contributed by atoms with van der Waals surface area (Å²) in [6.45, 7) is 1.93. The molecule has 144 valence electrons.